The highest BCUT2D eigenvalue weighted by Crippen LogP contribution is 2.13. The second kappa shape index (κ2) is 7.54. The van der Waals surface area contributed by atoms with Gasteiger partial charge in [0, 0.05) is 31.5 Å². The van der Waals surface area contributed by atoms with Gasteiger partial charge in [0.05, 0.1) is 5.69 Å². The van der Waals surface area contributed by atoms with Gasteiger partial charge in [0.1, 0.15) is 0 Å². The Morgan fingerprint density at radius 2 is 2.06 bits per heavy atom. The van der Waals surface area contributed by atoms with E-state index in [4.69, 9.17) is 5.11 Å². The van der Waals surface area contributed by atoms with E-state index in [1.165, 1.54) is 24.1 Å². The first kappa shape index (κ1) is 15.2. The summed E-state index contributed by atoms with van der Waals surface area (Å²) >= 11 is 0. The topological polar surface area (TPSA) is 50.1 Å². The molecule has 0 bridgehead atoms. The Balaban J connectivity index is 2.44. The van der Waals surface area contributed by atoms with Gasteiger partial charge in [-0.05, 0) is 39.2 Å². The number of hydrogen-bond donors (Lipinski definition) is 2. The second-order valence-electron chi connectivity index (χ2n) is 5.07. The maximum atomic E-state index is 9.03. The first-order valence-corrected chi connectivity index (χ1v) is 6.90. The number of nitrogens with one attached hydrogen (secondary N) is 1. The summed E-state index contributed by atoms with van der Waals surface area (Å²) in [5, 5.41) is 16.9. The number of aliphatic hydroxyl groups excluding tert-OH is 1. The monoisotopic (exact) mass is 253 g/mol. The van der Waals surface area contributed by atoms with Crippen LogP contribution in [-0.4, -0.2) is 28.0 Å². The molecule has 1 aromatic heterocycles. The van der Waals surface area contributed by atoms with Gasteiger partial charge in [-0.2, -0.15) is 5.10 Å². The van der Waals surface area contributed by atoms with Crippen molar-refractivity contribution in [2.75, 3.05) is 13.2 Å². The number of rotatable bonds is 8. The third-order valence-electron chi connectivity index (χ3n) is 3.63. The predicted octanol–water partition coefficient (Wildman–Crippen LogP) is 1.93. The number of hydrogen-bond acceptors (Lipinski definition) is 3. The van der Waals surface area contributed by atoms with Crippen LogP contribution in [0.1, 0.15) is 43.1 Å². The number of aliphatic hydroxyl groups is 1. The van der Waals surface area contributed by atoms with E-state index in [2.05, 4.69) is 31.2 Å². The molecule has 2 N–H and O–H groups in total. The van der Waals surface area contributed by atoms with Crippen molar-refractivity contribution in [2.45, 2.75) is 46.6 Å². The van der Waals surface area contributed by atoms with Crippen LogP contribution in [0.2, 0.25) is 0 Å². The zero-order chi connectivity index (χ0) is 13.5. The smallest absolute Gasteiger partial charge is 0.0641 e. The second-order valence-corrected chi connectivity index (χ2v) is 5.07. The van der Waals surface area contributed by atoms with Gasteiger partial charge in [0.15, 0.2) is 0 Å². The van der Waals surface area contributed by atoms with E-state index in [1.807, 2.05) is 11.7 Å². The van der Waals surface area contributed by atoms with Crippen molar-refractivity contribution in [3.05, 3.63) is 17.0 Å². The van der Waals surface area contributed by atoms with Gasteiger partial charge in [-0.3, -0.25) is 4.68 Å². The van der Waals surface area contributed by atoms with Crippen LogP contribution < -0.4 is 5.32 Å². The van der Waals surface area contributed by atoms with Crippen LogP contribution in [0.5, 0.6) is 0 Å². The lowest BCUT2D eigenvalue weighted by Crippen LogP contribution is -2.23. The van der Waals surface area contributed by atoms with Crippen LogP contribution in [0.3, 0.4) is 0 Å². The highest BCUT2D eigenvalue weighted by molar-refractivity contribution is 5.23. The van der Waals surface area contributed by atoms with E-state index >= 15 is 0 Å². The van der Waals surface area contributed by atoms with Gasteiger partial charge in [0.2, 0.25) is 0 Å². The van der Waals surface area contributed by atoms with E-state index in [0.29, 0.717) is 5.92 Å². The molecule has 0 aliphatic rings. The lowest BCUT2D eigenvalue weighted by molar-refractivity contribution is 0.248. The van der Waals surface area contributed by atoms with E-state index in [9.17, 15) is 0 Å². The summed E-state index contributed by atoms with van der Waals surface area (Å²) in [6, 6.07) is 0. The molecule has 1 heterocycles. The fourth-order valence-electron chi connectivity index (χ4n) is 2.41. The van der Waals surface area contributed by atoms with Crippen molar-refractivity contribution in [2.24, 2.45) is 13.0 Å². The van der Waals surface area contributed by atoms with E-state index in [0.717, 1.165) is 25.2 Å². The molecule has 1 rings (SSSR count). The van der Waals surface area contributed by atoms with Crippen LogP contribution in [0.25, 0.3) is 0 Å². The summed E-state index contributed by atoms with van der Waals surface area (Å²) in [6.45, 7) is 8.49. The Hall–Kier alpha value is -0.870. The minimum absolute atomic E-state index is 0.289. The fraction of sp³-hybridized carbons (Fsp3) is 0.786. The molecule has 0 amide bonds. The summed E-state index contributed by atoms with van der Waals surface area (Å²) < 4.78 is 1.93. The largest absolute Gasteiger partial charge is 0.396 e. The van der Waals surface area contributed by atoms with Crippen molar-refractivity contribution < 1.29 is 5.11 Å². The first-order chi connectivity index (χ1) is 8.60. The summed E-state index contributed by atoms with van der Waals surface area (Å²) in [5.41, 5.74) is 3.64. The molecule has 1 unspecified atom stereocenters. The lowest BCUT2D eigenvalue weighted by Gasteiger charge is -2.15. The van der Waals surface area contributed by atoms with E-state index < -0.39 is 0 Å². The van der Waals surface area contributed by atoms with Crippen molar-refractivity contribution in [3.8, 4) is 0 Å². The predicted molar refractivity (Wildman–Crippen MR) is 74.5 cm³/mol. The fourth-order valence-corrected chi connectivity index (χ4v) is 2.41. The molecule has 0 saturated carbocycles. The van der Waals surface area contributed by atoms with Crippen LogP contribution in [-0.2, 0) is 13.6 Å². The molecule has 0 aliphatic carbocycles. The van der Waals surface area contributed by atoms with E-state index in [1.54, 1.807) is 0 Å². The number of aromatic nitrogens is 2. The molecule has 18 heavy (non-hydrogen) atoms. The third kappa shape index (κ3) is 4.10. The van der Waals surface area contributed by atoms with Gasteiger partial charge in [-0.15, -0.1) is 0 Å². The minimum Gasteiger partial charge on any atom is -0.396 e. The standard InChI is InChI=1S/C14H27N3O/c1-5-6-13(7-8-18)9-15-10-14-11(2)16-17(4)12(14)3/h13,15,18H,5-10H2,1-4H3. The number of aryl methyl sites for hydroxylation is 2. The molecular weight excluding hydrogens is 226 g/mol. The maximum Gasteiger partial charge on any atom is 0.0641 e. The molecule has 0 aromatic carbocycles. The Kier molecular flexibility index (Phi) is 6.36. The van der Waals surface area contributed by atoms with Crippen LogP contribution in [0.4, 0.5) is 0 Å². The van der Waals surface area contributed by atoms with Crippen molar-refractivity contribution in [1.82, 2.24) is 15.1 Å². The molecule has 0 saturated heterocycles. The average molecular weight is 253 g/mol. The highest BCUT2D eigenvalue weighted by atomic mass is 16.3. The minimum atomic E-state index is 0.289. The van der Waals surface area contributed by atoms with Gasteiger partial charge in [0.25, 0.3) is 0 Å². The molecule has 0 radical (unpaired) electrons. The van der Waals surface area contributed by atoms with Gasteiger partial charge in [-0.1, -0.05) is 13.3 Å². The highest BCUT2D eigenvalue weighted by Gasteiger charge is 2.10. The molecule has 4 nitrogen and oxygen atoms in total. The molecular formula is C14H27N3O. The van der Waals surface area contributed by atoms with Gasteiger partial charge >= 0.3 is 0 Å². The average Bonchev–Trinajstić information content (AvgIpc) is 2.56. The van der Waals surface area contributed by atoms with Crippen molar-refractivity contribution >= 4 is 0 Å². The van der Waals surface area contributed by atoms with Gasteiger partial charge < -0.3 is 10.4 Å². The normalized spacial score (nSPS) is 12.9. The SMILES string of the molecule is CCCC(CCO)CNCc1c(C)nn(C)c1C. The Morgan fingerprint density at radius 3 is 2.56 bits per heavy atom. The molecule has 4 heteroatoms. The lowest BCUT2D eigenvalue weighted by atomic mass is 10.00. The Labute approximate surface area is 110 Å². The first-order valence-electron chi connectivity index (χ1n) is 6.90. The van der Waals surface area contributed by atoms with Crippen LogP contribution in [0, 0.1) is 19.8 Å². The Morgan fingerprint density at radius 1 is 1.33 bits per heavy atom. The zero-order valence-corrected chi connectivity index (χ0v) is 12.2. The van der Waals surface area contributed by atoms with Crippen molar-refractivity contribution in [3.63, 3.8) is 0 Å². The van der Waals surface area contributed by atoms with E-state index in [-0.39, 0.29) is 6.61 Å². The maximum absolute atomic E-state index is 9.03. The summed E-state index contributed by atoms with van der Waals surface area (Å²) in [6.07, 6.45) is 3.25. The summed E-state index contributed by atoms with van der Waals surface area (Å²) in [4.78, 5) is 0. The molecule has 104 valence electrons. The third-order valence-corrected chi connectivity index (χ3v) is 3.63. The van der Waals surface area contributed by atoms with Crippen LogP contribution >= 0.6 is 0 Å². The summed E-state index contributed by atoms with van der Waals surface area (Å²) in [5.74, 6) is 0.581. The molecule has 0 fully saturated rings. The summed E-state index contributed by atoms with van der Waals surface area (Å²) in [7, 11) is 1.98. The molecule has 1 aromatic rings. The zero-order valence-electron chi connectivity index (χ0n) is 12.2. The molecule has 0 spiro atoms. The van der Waals surface area contributed by atoms with Gasteiger partial charge in [-0.25, -0.2) is 0 Å². The number of nitrogens with zero attached hydrogens (tertiary/aromatic N) is 2. The molecule has 0 aliphatic heterocycles. The Bertz CT molecular complexity index is 354. The van der Waals surface area contributed by atoms with Crippen molar-refractivity contribution in [1.29, 1.82) is 0 Å². The molecule has 1 atom stereocenters. The van der Waals surface area contributed by atoms with Crippen LogP contribution in [0.15, 0.2) is 0 Å². The quantitative estimate of drug-likeness (QED) is 0.744.